The molecule has 0 aliphatic heterocycles. The summed E-state index contributed by atoms with van der Waals surface area (Å²) in [5.74, 6) is 0.618. The molecule has 182 valence electrons. The molecule has 0 fully saturated rings. The Balaban J connectivity index is 2.00. The number of nitrogens with zero attached hydrogens (tertiary/aromatic N) is 3. The number of carbonyl (C=O) groups is 2. The molecule has 0 aliphatic carbocycles. The van der Waals surface area contributed by atoms with Gasteiger partial charge in [-0.05, 0) is 59.7 Å². The van der Waals surface area contributed by atoms with Crippen molar-refractivity contribution in [2.24, 2.45) is 0 Å². The van der Waals surface area contributed by atoms with Crippen molar-refractivity contribution in [1.82, 2.24) is 14.8 Å². The summed E-state index contributed by atoms with van der Waals surface area (Å²) in [6.45, 7) is 11.9. The molecule has 2 rings (SSSR count). The van der Waals surface area contributed by atoms with E-state index in [1.807, 2.05) is 12.1 Å². The number of rotatable bonds is 7. The molecule has 2 aromatic rings. The number of carbonyl (C=O) groups excluding carboxylic acids is 2. The molecule has 1 aromatic carbocycles. The second kappa shape index (κ2) is 10.9. The zero-order valence-electron chi connectivity index (χ0n) is 20.5. The Morgan fingerprint density at radius 2 is 1.58 bits per heavy atom. The topological polar surface area (TPSA) is 81.2 Å². The van der Waals surface area contributed by atoms with Crippen molar-refractivity contribution in [1.29, 1.82) is 0 Å². The van der Waals surface area contributed by atoms with Crippen LogP contribution >= 0.6 is 11.6 Å². The third-order valence-electron chi connectivity index (χ3n) is 4.35. The molecule has 0 N–H and O–H groups in total. The van der Waals surface area contributed by atoms with Crippen LogP contribution in [-0.2, 0) is 9.47 Å². The SMILES string of the molecule is CN(CCN(CCOc1ccc2c(Cl)ccnc2c1)C(=O)OC(C)(C)C)C(=O)OC(C)(C)C. The molecule has 1 aromatic heterocycles. The van der Waals surface area contributed by atoms with Crippen molar-refractivity contribution in [3.05, 3.63) is 35.5 Å². The van der Waals surface area contributed by atoms with Crippen LogP contribution in [0.15, 0.2) is 30.5 Å². The highest BCUT2D eigenvalue weighted by Gasteiger charge is 2.24. The summed E-state index contributed by atoms with van der Waals surface area (Å²) in [5.41, 5.74) is -0.512. The third kappa shape index (κ3) is 8.96. The Morgan fingerprint density at radius 3 is 2.21 bits per heavy atom. The van der Waals surface area contributed by atoms with Crippen LogP contribution in [0.4, 0.5) is 9.59 Å². The van der Waals surface area contributed by atoms with Crippen LogP contribution in [0.2, 0.25) is 5.02 Å². The first-order chi connectivity index (χ1) is 15.2. The average Bonchev–Trinajstić information content (AvgIpc) is 2.67. The van der Waals surface area contributed by atoms with Gasteiger partial charge in [0.25, 0.3) is 0 Å². The van der Waals surface area contributed by atoms with E-state index in [1.54, 1.807) is 66.9 Å². The monoisotopic (exact) mass is 479 g/mol. The van der Waals surface area contributed by atoms with Gasteiger partial charge in [0.05, 0.1) is 17.1 Å². The van der Waals surface area contributed by atoms with Crippen molar-refractivity contribution >= 4 is 34.7 Å². The number of hydrogen-bond acceptors (Lipinski definition) is 6. The fraction of sp³-hybridized carbons (Fsp3) is 0.542. The Kier molecular flexibility index (Phi) is 8.77. The van der Waals surface area contributed by atoms with Crippen LogP contribution in [0, 0.1) is 0 Å². The molecule has 8 nitrogen and oxygen atoms in total. The van der Waals surface area contributed by atoms with Gasteiger partial charge in [0.2, 0.25) is 0 Å². The molecule has 0 bridgehead atoms. The van der Waals surface area contributed by atoms with E-state index >= 15 is 0 Å². The van der Waals surface area contributed by atoms with Gasteiger partial charge in [-0.15, -0.1) is 0 Å². The van der Waals surface area contributed by atoms with E-state index in [-0.39, 0.29) is 26.2 Å². The summed E-state index contributed by atoms with van der Waals surface area (Å²) in [6, 6.07) is 7.19. The van der Waals surface area contributed by atoms with Crippen LogP contribution < -0.4 is 4.74 Å². The first-order valence-electron chi connectivity index (χ1n) is 10.8. The molecule has 2 amide bonds. The molecule has 0 spiro atoms. The maximum atomic E-state index is 12.7. The van der Waals surface area contributed by atoms with E-state index in [9.17, 15) is 9.59 Å². The molecular weight excluding hydrogens is 446 g/mol. The minimum Gasteiger partial charge on any atom is -0.492 e. The molecule has 0 radical (unpaired) electrons. The van der Waals surface area contributed by atoms with Crippen molar-refractivity contribution < 1.29 is 23.8 Å². The highest BCUT2D eigenvalue weighted by atomic mass is 35.5. The van der Waals surface area contributed by atoms with Crippen LogP contribution in [0.25, 0.3) is 10.9 Å². The summed E-state index contributed by atoms with van der Waals surface area (Å²) in [7, 11) is 1.63. The number of ether oxygens (including phenoxy) is 3. The minimum absolute atomic E-state index is 0.238. The second-order valence-corrected chi connectivity index (χ2v) is 10.1. The molecule has 1 heterocycles. The van der Waals surface area contributed by atoms with Crippen LogP contribution in [0.3, 0.4) is 0 Å². The Labute approximate surface area is 200 Å². The van der Waals surface area contributed by atoms with Crippen molar-refractivity contribution in [2.45, 2.75) is 52.7 Å². The van der Waals surface area contributed by atoms with Gasteiger partial charge < -0.3 is 24.0 Å². The molecule has 0 saturated heterocycles. The zero-order valence-corrected chi connectivity index (χ0v) is 21.2. The van der Waals surface area contributed by atoms with Crippen molar-refractivity contribution in [3.63, 3.8) is 0 Å². The normalized spacial score (nSPS) is 11.8. The average molecular weight is 480 g/mol. The Morgan fingerprint density at radius 1 is 0.939 bits per heavy atom. The summed E-state index contributed by atoms with van der Waals surface area (Å²) < 4.78 is 16.7. The number of fused-ring (bicyclic) bond motifs is 1. The van der Waals surface area contributed by atoms with Gasteiger partial charge in [-0.25, -0.2) is 9.59 Å². The molecule has 0 unspecified atom stereocenters. The quantitative estimate of drug-likeness (QED) is 0.531. The van der Waals surface area contributed by atoms with E-state index < -0.39 is 23.4 Å². The second-order valence-electron chi connectivity index (χ2n) is 9.69. The van der Waals surface area contributed by atoms with Crippen molar-refractivity contribution in [2.75, 3.05) is 33.3 Å². The van der Waals surface area contributed by atoms with Crippen molar-refractivity contribution in [3.8, 4) is 5.75 Å². The maximum absolute atomic E-state index is 12.7. The van der Waals surface area contributed by atoms with E-state index in [2.05, 4.69) is 4.98 Å². The van der Waals surface area contributed by atoms with Gasteiger partial charge in [-0.2, -0.15) is 0 Å². The molecule has 0 atom stereocenters. The number of amides is 2. The number of halogens is 1. The highest BCUT2D eigenvalue weighted by molar-refractivity contribution is 6.35. The number of benzene rings is 1. The highest BCUT2D eigenvalue weighted by Crippen LogP contribution is 2.25. The predicted molar refractivity (Wildman–Crippen MR) is 129 cm³/mol. The minimum atomic E-state index is -0.642. The van der Waals surface area contributed by atoms with Gasteiger partial charge in [0, 0.05) is 37.8 Å². The summed E-state index contributed by atoms with van der Waals surface area (Å²) in [4.78, 5) is 32.2. The zero-order chi connectivity index (χ0) is 24.8. The maximum Gasteiger partial charge on any atom is 0.410 e. The van der Waals surface area contributed by atoms with Crippen LogP contribution in [0.5, 0.6) is 5.75 Å². The molecule has 0 saturated carbocycles. The summed E-state index contributed by atoms with van der Waals surface area (Å²) >= 11 is 6.18. The van der Waals surface area contributed by atoms with Gasteiger partial charge >= 0.3 is 12.2 Å². The van der Waals surface area contributed by atoms with Gasteiger partial charge in [0.15, 0.2) is 0 Å². The van der Waals surface area contributed by atoms with E-state index in [0.29, 0.717) is 10.8 Å². The third-order valence-corrected chi connectivity index (χ3v) is 4.68. The number of likely N-dealkylation sites (N-methyl/N-ethyl adjacent to an activating group) is 1. The van der Waals surface area contributed by atoms with E-state index in [1.165, 1.54) is 9.80 Å². The Bertz CT molecular complexity index is 969. The van der Waals surface area contributed by atoms with Crippen LogP contribution in [0.1, 0.15) is 41.5 Å². The fourth-order valence-electron chi connectivity index (χ4n) is 2.78. The molecule has 9 heteroatoms. The van der Waals surface area contributed by atoms with Gasteiger partial charge in [-0.1, -0.05) is 11.6 Å². The lowest BCUT2D eigenvalue weighted by Crippen LogP contribution is -2.44. The van der Waals surface area contributed by atoms with Gasteiger partial charge in [-0.3, -0.25) is 4.98 Å². The number of aromatic nitrogens is 1. The summed E-state index contributed by atoms with van der Waals surface area (Å²) in [5, 5.41) is 1.46. The molecular formula is C24H34ClN3O5. The predicted octanol–water partition coefficient (Wildman–Crippen LogP) is 5.37. The Hall–Kier alpha value is -2.74. The lowest BCUT2D eigenvalue weighted by molar-refractivity contribution is 0.0148. The molecule has 33 heavy (non-hydrogen) atoms. The number of pyridine rings is 1. The first-order valence-corrected chi connectivity index (χ1v) is 11.2. The van der Waals surface area contributed by atoms with E-state index in [4.69, 9.17) is 25.8 Å². The lowest BCUT2D eigenvalue weighted by atomic mass is 10.2. The van der Waals surface area contributed by atoms with Crippen LogP contribution in [-0.4, -0.2) is 71.5 Å². The lowest BCUT2D eigenvalue weighted by Gasteiger charge is -2.29. The van der Waals surface area contributed by atoms with Gasteiger partial charge in [0.1, 0.15) is 23.6 Å². The smallest absolute Gasteiger partial charge is 0.410 e. The molecule has 0 aliphatic rings. The first kappa shape index (κ1) is 26.5. The number of hydrogen-bond donors (Lipinski definition) is 0. The fourth-order valence-corrected chi connectivity index (χ4v) is 3.00. The standard InChI is InChI=1S/C24H34ClN3O5/c1-23(2,3)32-21(29)27(7)12-13-28(22(30)33-24(4,5)6)14-15-31-17-8-9-18-19(25)10-11-26-20(18)16-17/h8-11,16H,12-15H2,1-7H3. The summed E-state index contributed by atoms with van der Waals surface area (Å²) in [6.07, 6.45) is 0.709. The largest absolute Gasteiger partial charge is 0.492 e. The van der Waals surface area contributed by atoms with E-state index in [0.717, 1.165) is 10.9 Å².